The molecule has 8 nitrogen and oxygen atoms in total. The topological polar surface area (TPSA) is 113 Å². The zero-order chi connectivity index (χ0) is 22.5. The smallest absolute Gasteiger partial charge is 0.271 e. The molecule has 1 saturated carbocycles. The van der Waals surface area contributed by atoms with Crippen LogP contribution in [0.4, 0.5) is 17.3 Å². The van der Waals surface area contributed by atoms with Gasteiger partial charge >= 0.3 is 0 Å². The van der Waals surface area contributed by atoms with Gasteiger partial charge in [0, 0.05) is 24.8 Å². The SMILES string of the molecule is C=CC(=O)NC1CCC[C@@H](N(C)c2cnc(C(N)=O)c(Nc3ccc(C)cc3)n2)[C@H]1C. The molecule has 8 heteroatoms. The standard InChI is InChI=1S/C23H30N6O2/c1-5-20(30)27-17-7-6-8-18(15(17)3)29(4)19-13-25-21(22(24)31)23(28-19)26-16-11-9-14(2)10-12-16/h5,9-13,15,17-18H,1,6-8H2,2-4H3,(H2,24,31)(H,26,28)(H,27,30)/t15-,17?,18+/m0/s1. The van der Waals surface area contributed by atoms with Gasteiger partial charge in [0.25, 0.3) is 5.91 Å². The molecule has 2 amide bonds. The number of hydrogen-bond acceptors (Lipinski definition) is 6. The van der Waals surface area contributed by atoms with Crippen molar-refractivity contribution in [2.45, 2.75) is 45.2 Å². The predicted octanol–water partition coefficient (Wildman–Crippen LogP) is 2.92. The van der Waals surface area contributed by atoms with E-state index in [0.717, 1.165) is 30.5 Å². The summed E-state index contributed by atoms with van der Waals surface area (Å²) in [5.74, 6) is 0.353. The Balaban J connectivity index is 1.85. The lowest BCUT2D eigenvalue weighted by Crippen LogP contribution is -2.51. The highest BCUT2D eigenvalue weighted by atomic mass is 16.2. The molecule has 31 heavy (non-hydrogen) atoms. The number of carbonyl (C=O) groups is 2. The molecule has 0 radical (unpaired) electrons. The van der Waals surface area contributed by atoms with E-state index in [2.05, 4.69) is 39.0 Å². The normalized spacial score (nSPS) is 20.5. The number of aryl methyl sites for hydroxylation is 1. The lowest BCUT2D eigenvalue weighted by molar-refractivity contribution is -0.117. The minimum atomic E-state index is -0.644. The highest BCUT2D eigenvalue weighted by molar-refractivity contribution is 5.96. The van der Waals surface area contributed by atoms with Gasteiger partial charge in [0.05, 0.1) is 6.20 Å². The number of nitrogens with two attached hydrogens (primary N) is 1. The maximum absolute atomic E-state index is 11.9. The molecule has 0 saturated heterocycles. The van der Waals surface area contributed by atoms with Crippen LogP contribution in [-0.2, 0) is 4.79 Å². The number of nitrogens with one attached hydrogen (secondary N) is 2. The Kier molecular flexibility index (Phi) is 6.89. The molecule has 1 aromatic heterocycles. The first-order chi connectivity index (χ1) is 14.8. The summed E-state index contributed by atoms with van der Waals surface area (Å²) in [7, 11) is 1.96. The van der Waals surface area contributed by atoms with Gasteiger partial charge in [-0.25, -0.2) is 9.97 Å². The lowest BCUT2D eigenvalue weighted by Gasteiger charge is -2.41. The summed E-state index contributed by atoms with van der Waals surface area (Å²) in [6.07, 6.45) is 5.76. The molecule has 1 aromatic carbocycles. The number of primary amides is 1. The highest BCUT2D eigenvalue weighted by Crippen LogP contribution is 2.31. The first-order valence-electron chi connectivity index (χ1n) is 10.5. The van der Waals surface area contributed by atoms with Crippen molar-refractivity contribution in [3.05, 3.63) is 54.4 Å². The second-order valence-corrected chi connectivity index (χ2v) is 8.07. The summed E-state index contributed by atoms with van der Waals surface area (Å²) < 4.78 is 0. The second kappa shape index (κ2) is 9.59. The van der Waals surface area contributed by atoms with E-state index in [4.69, 9.17) is 5.73 Å². The Hall–Kier alpha value is -3.42. The van der Waals surface area contributed by atoms with E-state index in [1.54, 1.807) is 6.20 Å². The van der Waals surface area contributed by atoms with Gasteiger partial charge in [0.2, 0.25) is 5.91 Å². The summed E-state index contributed by atoms with van der Waals surface area (Å²) in [6.45, 7) is 7.67. The van der Waals surface area contributed by atoms with E-state index in [1.807, 2.05) is 38.2 Å². The van der Waals surface area contributed by atoms with E-state index in [9.17, 15) is 9.59 Å². The van der Waals surface area contributed by atoms with Crippen LogP contribution in [0.2, 0.25) is 0 Å². The zero-order valence-electron chi connectivity index (χ0n) is 18.3. The van der Waals surface area contributed by atoms with Gasteiger partial charge in [-0.3, -0.25) is 9.59 Å². The van der Waals surface area contributed by atoms with Crippen LogP contribution in [0.15, 0.2) is 43.1 Å². The first-order valence-corrected chi connectivity index (χ1v) is 10.5. The molecule has 1 heterocycles. The van der Waals surface area contributed by atoms with Crippen LogP contribution in [0.1, 0.15) is 42.2 Å². The minimum absolute atomic E-state index is 0.0645. The van der Waals surface area contributed by atoms with Crippen molar-refractivity contribution in [3.63, 3.8) is 0 Å². The fourth-order valence-electron chi connectivity index (χ4n) is 4.09. The number of aromatic nitrogens is 2. The van der Waals surface area contributed by atoms with Crippen molar-refractivity contribution in [2.75, 3.05) is 17.3 Å². The Morgan fingerprint density at radius 3 is 2.61 bits per heavy atom. The first kappa shape index (κ1) is 22.3. The maximum atomic E-state index is 11.9. The number of amides is 2. The van der Waals surface area contributed by atoms with Crippen LogP contribution in [0.3, 0.4) is 0 Å². The lowest BCUT2D eigenvalue weighted by atomic mass is 9.81. The van der Waals surface area contributed by atoms with Crippen molar-refractivity contribution in [1.82, 2.24) is 15.3 Å². The summed E-state index contributed by atoms with van der Waals surface area (Å²) in [4.78, 5) is 34.7. The Morgan fingerprint density at radius 1 is 1.26 bits per heavy atom. The number of benzene rings is 1. The monoisotopic (exact) mass is 422 g/mol. The van der Waals surface area contributed by atoms with Gasteiger partial charge in [-0.2, -0.15) is 0 Å². The number of hydrogen-bond donors (Lipinski definition) is 3. The van der Waals surface area contributed by atoms with Crippen molar-refractivity contribution in [3.8, 4) is 0 Å². The molecular formula is C23H30N6O2. The third-order valence-electron chi connectivity index (χ3n) is 5.94. The molecule has 1 fully saturated rings. The Morgan fingerprint density at radius 2 is 1.97 bits per heavy atom. The van der Waals surface area contributed by atoms with Crippen molar-refractivity contribution in [1.29, 1.82) is 0 Å². The van der Waals surface area contributed by atoms with Crippen molar-refractivity contribution < 1.29 is 9.59 Å². The van der Waals surface area contributed by atoms with Crippen LogP contribution < -0.4 is 21.3 Å². The fraction of sp³-hybridized carbons (Fsp3) is 0.391. The quantitative estimate of drug-likeness (QED) is 0.591. The van der Waals surface area contributed by atoms with Crippen LogP contribution in [0.25, 0.3) is 0 Å². The Labute approximate surface area is 182 Å². The molecule has 4 N–H and O–H groups in total. The number of anilines is 3. The molecular weight excluding hydrogens is 392 g/mol. The van der Waals surface area contributed by atoms with Gasteiger partial charge in [-0.15, -0.1) is 0 Å². The average Bonchev–Trinajstić information content (AvgIpc) is 2.76. The Bertz CT molecular complexity index is 959. The fourth-order valence-corrected chi connectivity index (χ4v) is 4.09. The summed E-state index contributed by atoms with van der Waals surface area (Å²) in [5.41, 5.74) is 7.53. The van der Waals surface area contributed by atoms with Crippen LogP contribution in [0.5, 0.6) is 0 Å². The third-order valence-corrected chi connectivity index (χ3v) is 5.94. The number of nitrogens with zero attached hydrogens (tertiary/aromatic N) is 3. The van der Waals surface area contributed by atoms with E-state index in [1.165, 1.54) is 6.08 Å². The van der Waals surface area contributed by atoms with Gasteiger partial charge in [-0.1, -0.05) is 31.2 Å². The molecule has 0 aliphatic heterocycles. The van der Waals surface area contributed by atoms with E-state index >= 15 is 0 Å². The average molecular weight is 423 g/mol. The van der Waals surface area contributed by atoms with E-state index < -0.39 is 5.91 Å². The van der Waals surface area contributed by atoms with Crippen LogP contribution >= 0.6 is 0 Å². The predicted molar refractivity (Wildman–Crippen MR) is 122 cm³/mol. The van der Waals surface area contributed by atoms with Crippen molar-refractivity contribution in [2.24, 2.45) is 11.7 Å². The van der Waals surface area contributed by atoms with Gasteiger partial charge in [0.1, 0.15) is 5.82 Å². The van der Waals surface area contributed by atoms with Gasteiger partial charge < -0.3 is 21.3 Å². The molecule has 1 aliphatic carbocycles. The molecule has 1 aliphatic rings. The second-order valence-electron chi connectivity index (χ2n) is 8.07. The van der Waals surface area contributed by atoms with Crippen molar-refractivity contribution >= 4 is 29.1 Å². The molecule has 164 valence electrons. The molecule has 3 rings (SSSR count). The molecule has 0 spiro atoms. The molecule has 3 atom stereocenters. The maximum Gasteiger partial charge on any atom is 0.271 e. The minimum Gasteiger partial charge on any atom is -0.364 e. The summed E-state index contributed by atoms with van der Waals surface area (Å²) >= 11 is 0. The zero-order valence-corrected chi connectivity index (χ0v) is 18.3. The highest BCUT2D eigenvalue weighted by Gasteiger charge is 2.34. The molecule has 2 aromatic rings. The number of carbonyl (C=O) groups excluding carboxylic acids is 2. The summed E-state index contributed by atoms with van der Waals surface area (Å²) in [6, 6.07) is 7.98. The van der Waals surface area contributed by atoms with Gasteiger partial charge in [-0.05, 0) is 50.3 Å². The molecule has 0 bridgehead atoms. The summed E-state index contributed by atoms with van der Waals surface area (Å²) in [5, 5.41) is 6.20. The van der Waals surface area contributed by atoms with E-state index in [0.29, 0.717) is 11.6 Å². The largest absolute Gasteiger partial charge is 0.364 e. The van der Waals surface area contributed by atoms with E-state index in [-0.39, 0.29) is 29.6 Å². The third kappa shape index (κ3) is 5.20. The van der Waals surface area contributed by atoms with Crippen LogP contribution in [0, 0.1) is 12.8 Å². The number of rotatable bonds is 7. The van der Waals surface area contributed by atoms with Crippen LogP contribution in [-0.4, -0.2) is 40.9 Å². The van der Waals surface area contributed by atoms with Gasteiger partial charge in [0.15, 0.2) is 11.5 Å². The molecule has 1 unspecified atom stereocenters.